The van der Waals surface area contributed by atoms with Gasteiger partial charge in [-0.2, -0.15) is 0 Å². The normalized spacial score (nSPS) is 13.7. The van der Waals surface area contributed by atoms with Gasteiger partial charge in [0.25, 0.3) is 0 Å². The van der Waals surface area contributed by atoms with Crippen LogP contribution in [0.1, 0.15) is 0 Å². The van der Waals surface area contributed by atoms with E-state index in [1.54, 1.807) is 0 Å². The highest BCUT2D eigenvalue weighted by Gasteiger charge is 1.99. The molecule has 4 heteroatoms. The van der Waals surface area contributed by atoms with Gasteiger partial charge >= 0.3 is 0 Å². The molecule has 0 bridgehead atoms. The largest absolute Gasteiger partial charge is 0.389 e. The Labute approximate surface area is 68.3 Å². The molecule has 1 atom stereocenters. The highest BCUT2D eigenvalue weighted by molar-refractivity contribution is 9.09. The minimum atomic E-state index is -0.522. The molecular weight excluding hydrogens is 207 g/mol. The molecule has 1 N–H and O–H groups in total. The molecule has 0 aromatic heterocycles. The number of halogens is 2. The summed E-state index contributed by atoms with van der Waals surface area (Å²) in [6, 6.07) is 0. The molecule has 0 aromatic carbocycles. The van der Waals surface area contributed by atoms with Gasteiger partial charge in [0.05, 0.1) is 25.2 Å². The zero-order valence-corrected chi connectivity index (χ0v) is 7.36. The minimum absolute atomic E-state index is 0.238. The summed E-state index contributed by atoms with van der Waals surface area (Å²) in [7, 11) is 0. The standard InChI is InChI=1S/C5H10BrClO2/c6-1-2-9-4-5(8)3-7/h5,8H,1-4H2. The first kappa shape index (κ1) is 9.69. The lowest BCUT2D eigenvalue weighted by Crippen LogP contribution is -2.17. The van der Waals surface area contributed by atoms with Crippen molar-refractivity contribution in [1.29, 1.82) is 0 Å². The fraction of sp³-hybridized carbons (Fsp3) is 1.00. The summed E-state index contributed by atoms with van der Waals surface area (Å²) in [6.45, 7) is 0.947. The fourth-order valence-electron chi connectivity index (χ4n) is 0.318. The van der Waals surface area contributed by atoms with Crippen LogP contribution in [0.25, 0.3) is 0 Å². The fourth-order valence-corrected chi connectivity index (χ4v) is 0.636. The Morgan fingerprint density at radius 3 is 2.78 bits per heavy atom. The van der Waals surface area contributed by atoms with E-state index >= 15 is 0 Å². The first-order valence-electron chi connectivity index (χ1n) is 2.69. The van der Waals surface area contributed by atoms with Crippen LogP contribution in [0.5, 0.6) is 0 Å². The maximum atomic E-state index is 8.81. The molecule has 0 spiro atoms. The van der Waals surface area contributed by atoms with Gasteiger partial charge in [-0.25, -0.2) is 0 Å². The Balaban J connectivity index is 2.88. The van der Waals surface area contributed by atoms with E-state index in [1.807, 2.05) is 0 Å². The van der Waals surface area contributed by atoms with Gasteiger partial charge in [-0.3, -0.25) is 0 Å². The lowest BCUT2D eigenvalue weighted by Gasteiger charge is -2.05. The molecule has 0 saturated heterocycles. The van der Waals surface area contributed by atoms with Gasteiger partial charge < -0.3 is 9.84 Å². The second-order valence-corrected chi connectivity index (χ2v) is 2.67. The van der Waals surface area contributed by atoms with Crippen LogP contribution in [0.3, 0.4) is 0 Å². The van der Waals surface area contributed by atoms with Crippen molar-refractivity contribution in [3.05, 3.63) is 0 Å². The van der Waals surface area contributed by atoms with E-state index in [2.05, 4.69) is 15.9 Å². The number of aliphatic hydroxyl groups excluding tert-OH is 1. The molecule has 0 aromatic rings. The highest BCUT2D eigenvalue weighted by Crippen LogP contribution is 1.89. The summed E-state index contributed by atoms with van der Waals surface area (Å²) >= 11 is 8.47. The van der Waals surface area contributed by atoms with Gasteiger partial charge in [0.1, 0.15) is 0 Å². The van der Waals surface area contributed by atoms with Gasteiger partial charge in [0.15, 0.2) is 0 Å². The topological polar surface area (TPSA) is 29.5 Å². The van der Waals surface area contributed by atoms with E-state index in [4.69, 9.17) is 21.4 Å². The number of hydrogen-bond acceptors (Lipinski definition) is 2. The molecule has 0 aliphatic heterocycles. The molecule has 0 radical (unpaired) electrons. The molecule has 2 nitrogen and oxygen atoms in total. The summed E-state index contributed by atoms with van der Waals surface area (Å²) in [5, 5.41) is 9.61. The number of rotatable bonds is 5. The second kappa shape index (κ2) is 6.81. The van der Waals surface area contributed by atoms with Gasteiger partial charge in [0, 0.05) is 5.33 Å². The molecule has 0 aliphatic rings. The predicted molar refractivity (Wildman–Crippen MR) is 41.3 cm³/mol. The average molecular weight is 217 g/mol. The molecular formula is C5H10BrClO2. The maximum Gasteiger partial charge on any atom is 0.0908 e. The monoisotopic (exact) mass is 216 g/mol. The van der Waals surface area contributed by atoms with Crippen molar-refractivity contribution in [1.82, 2.24) is 0 Å². The Hall–Kier alpha value is 0.690. The first-order chi connectivity index (χ1) is 4.31. The quantitative estimate of drug-likeness (QED) is 0.550. The molecule has 0 rings (SSSR count). The number of ether oxygens (including phenoxy) is 1. The summed E-state index contributed by atoms with van der Waals surface area (Å²) in [5.41, 5.74) is 0. The van der Waals surface area contributed by atoms with E-state index in [1.165, 1.54) is 0 Å². The SMILES string of the molecule is OC(CCl)COCCBr. The predicted octanol–water partition coefficient (Wildman–Crippen LogP) is 0.998. The van der Waals surface area contributed by atoms with E-state index in [0.717, 1.165) is 5.33 Å². The van der Waals surface area contributed by atoms with E-state index < -0.39 is 6.10 Å². The Morgan fingerprint density at radius 1 is 1.67 bits per heavy atom. The van der Waals surface area contributed by atoms with Crippen molar-refractivity contribution >= 4 is 27.5 Å². The van der Waals surface area contributed by atoms with Crippen LogP contribution >= 0.6 is 27.5 Å². The van der Waals surface area contributed by atoms with Crippen molar-refractivity contribution in [2.45, 2.75) is 6.10 Å². The second-order valence-electron chi connectivity index (χ2n) is 1.57. The summed E-state index contributed by atoms with van der Waals surface area (Å²) < 4.78 is 4.95. The number of aliphatic hydroxyl groups is 1. The smallest absolute Gasteiger partial charge is 0.0908 e. The van der Waals surface area contributed by atoms with Crippen molar-refractivity contribution in [2.24, 2.45) is 0 Å². The Morgan fingerprint density at radius 2 is 2.33 bits per heavy atom. The van der Waals surface area contributed by atoms with Gasteiger partial charge in [-0.05, 0) is 0 Å². The minimum Gasteiger partial charge on any atom is -0.389 e. The molecule has 1 unspecified atom stereocenters. The summed E-state index contributed by atoms with van der Waals surface area (Å²) in [5.74, 6) is 0.238. The number of hydrogen-bond donors (Lipinski definition) is 1. The van der Waals surface area contributed by atoms with Crippen LogP contribution in [0.15, 0.2) is 0 Å². The molecule has 0 aliphatic carbocycles. The average Bonchev–Trinajstić information content (AvgIpc) is 1.89. The summed E-state index contributed by atoms with van der Waals surface area (Å²) in [6.07, 6.45) is -0.522. The van der Waals surface area contributed by atoms with Crippen molar-refractivity contribution in [2.75, 3.05) is 24.4 Å². The van der Waals surface area contributed by atoms with Gasteiger partial charge in [-0.15, -0.1) is 11.6 Å². The van der Waals surface area contributed by atoms with Gasteiger partial charge in [0.2, 0.25) is 0 Å². The molecule has 0 heterocycles. The third-order valence-electron chi connectivity index (χ3n) is 0.710. The molecule has 56 valence electrons. The molecule has 0 fully saturated rings. The van der Waals surface area contributed by atoms with E-state index in [9.17, 15) is 0 Å². The molecule has 0 amide bonds. The van der Waals surface area contributed by atoms with Crippen LogP contribution < -0.4 is 0 Å². The lowest BCUT2D eigenvalue weighted by atomic mass is 10.4. The van der Waals surface area contributed by atoms with Crippen molar-refractivity contribution in [3.63, 3.8) is 0 Å². The van der Waals surface area contributed by atoms with E-state index in [-0.39, 0.29) is 5.88 Å². The van der Waals surface area contributed by atoms with Crippen LogP contribution in [-0.4, -0.2) is 35.6 Å². The Bertz CT molecular complexity index is 62.9. The van der Waals surface area contributed by atoms with Crippen LogP contribution in [0.4, 0.5) is 0 Å². The first-order valence-corrected chi connectivity index (χ1v) is 4.34. The van der Waals surface area contributed by atoms with Crippen molar-refractivity contribution < 1.29 is 9.84 Å². The van der Waals surface area contributed by atoms with Crippen LogP contribution in [-0.2, 0) is 4.74 Å². The third-order valence-corrected chi connectivity index (χ3v) is 1.39. The zero-order valence-electron chi connectivity index (χ0n) is 5.02. The summed E-state index contributed by atoms with van der Waals surface area (Å²) in [4.78, 5) is 0. The lowest BCUT2D eigenvalue weighted by molar-refractivity contribution is 0.0560. The third kappa shape index (κ3) is 6.58. The van der Waals surface area contributed by atoms with Crippen LogP contribution in [0, 0.1) is 0 Å². The van der Waals surface area contributed by atoms with E-state index in [0.29, 0.717) is 13.2 Å². The van der Waals surface area contributed by atoms with Crippen LogP contribution in [0.2, 0.25) is 0 Å². The highest BCUT2D eigenvalue weighted by atomic mass is 79.9. The van der Waals surface area contributed by atoms with Crippen molar-refractivity contribution in [3.8, 4) is 0 Å². The van der Waals surface area contributed by atoms with Gasteiger partial charge in [-0.1, -0.05) is 15.9 Å². The molecule has 0 saturated carbocycles. The Kier molecular flexibility index (Phi) is 7.33. The number of alkyl halides is 2. The maximum absolute atomic E-state index is 8.81. The molecule has 9 heavy (non-hydrogen) atoms. The zero-order chi connectivity index (χ0) is 7.11.